The molecular weight excluding hydrogens is 325 g/mol. The normalized spacial score (nSPS) is 54.4. The van der Waals surface area contributed by atoms with Gasteiger partial charge in [-0.25, -0.2) is 0 Å². The molecule has 0 radical (unpaired) electrons. The summed E-state index contributed by atoms with van der Waals surface area (Å²) in [5.41, 5.74) is 0. The van der Waals surface area contributed by atoms with Gasteiger partial charge in [-0.2, -0.15) is 0 Å². The molecule has 1 aliphatic heterocycles. The van der Waals surface area contributed by atoms with Gasteiger partial charge in [0.05, 0.1) is 0 Å². The fraction of sp³-hybridized carbons (Fsp3) is 1.00. The van der Waals surface area contributed by atoms with Gasteiger partial charge in [0.15, 0.2) is 0 Å². The fourth-order valence-corrected chi connectivity index (χ4v) is 211. The highest BCUT2D eigenvalue weighted by molar-refractivity contribution is 7.91. The first kappa shape index (κ1) is 15.0. The Bertz CT molecular complexity index is 211. The molecule has 0 amide bonds. The van der Waals surface area contributed by atoms with Gasteiger partial charge in [0.25, 0.3) is 0 Å². The van der Waals surface area contributed by atoms with Gasteiger partial charge in [0, 0.05) is 69.9 Å². The van der Waals surface area contributed by atoms with E-state index in [1.54, 1.807) is 20.5 Å². The molecule has 0 spiro atoms. The van der Waals surface area contributed by atoms with Crippen molar-refractivity contribution in [3.05, 3.63) is 0 Å². The van der Waals surface area contributed by atoms with Crippen molar-refractivity contribution in [3.8, 4) is 0 Å². The molecule has 1 saturated heterocycles. The lowest BCUT2D eigenvalue weighted by Crippen LogP contribution is -2.69. The van der Waals surface area contributed by atoms with Crippen LogP contribution < -0.4 is 0 Å². The van der Waals surface area contributed by atoms with Crippen LogP contribution in [-0.4, -0.2) is 78.4 Å². The molecule has 1 aliphatic rings. The van der Waals surface area contributed by atoms with Gasteiger partial charge in [-0.1, -0.05) is 36.5 Å². The molecule has 9 heteroatoms. The standard InChI is InChI=1S/C6H30Si9/c1-9-15(4)13(2)11-6(8)5(7)10-12-14(15)3/h5-6,13-14H,9-12H2,1-4,7-8H3. The summed E-state index contributed by atoms with van der Waals surface area (Å²) in [7, 11) is 5.49. The second-order valence-electron chi connectivity index (χ2n) is 6.43. The summed E-state index contributed by atoms with van der Waals surface area (Å²) in [6, 6.07) is 0. The highest BCUT2D eigenvalue weighted by atomic mass is 30.1. The predicted molar refractivity (Wildman–Crippen MR) is 105 cm³/mol. The molecule has 15 heavy (non-hydrogen) atoms. The second-order valence-corrected chi connectivity index (χ2v) is 73.9. The Hall–Kier alpha value is 1.95. The average molecular weight is 355 g/mol. The van der Waals surface area contributed by atoms with E-state index in [2.05, 4.69) is 26.2 Å². The Morgan fingerprint density at radius 2 is 1.80 bits per heavy atom. The second kappa shape index (κ2) is 6.22. The minimum Gasteiger partial charge on any atom is -0.0770 e. The summed E-state index contributed by atoms with van der Waals surface area (Å²) in [5.74, 6) is 0. The van der Waals surface area contributed by atoms with Crippen LogP contribution in [0.1, 0.15) is 0 Å². The summed E-state index contributed by atoms with van der Waals surface area (Å²) in [5, 5.41) is 2.99. The Labute approximate surface area is 114 Å². The first-order valence-electron chi connectivity index (χ1n) is 6.91. The van der Waals surface area contributed by atoms with Gasteiger partial charge in [0.1, 0.15) is 0 Å². The molecule has 0 aromatic carbocycles. The molecular formula is C6H30Si9. The van der Waals surface area contributed by atoms with Crippen molar-refractivity contribution in [2.24, 2.45) is 0 Å². The minimum atomic E-state index is -0.359. The molecule has 0 nitrogen and oxygen atoms in total. The summed E-state index contributed by atoms with van der Waals surface area (Å²) in [6.07, 6.45) is 0. The van der Waals surface area contributed by atoms with E-state index in [4.69, 9.17) is 0 Å². The van der Waals surface area contributed by atoms with E-state index in [-0.39, 0.29) is 22.3 Å². The van der Waals surface area contributed by atoms with Crippen molar-refractivity contribution in [1.82, 2.24) is 0 Å². The molecule has 1 heterocycles. The highest BCUT2D eigenvalue weighted by Crippen LogP contribution is 2.22. The molecule has 0 N–H and O–H groups in total. The summed E-state index contributed by atoms with van der Waals surface area (Å²) >= 11 is 0. The maximum absolute atomic E-state index is 2.96. The molecule has 5 unspecified atom stereocenters. The minimum absolute atomic E-state index is 0.0132. The van der Waals surface area contributed by atoms with E-state index in [0.717, 1.165) is 0 Å². The van der Waals surface area contributed by atoms with Crippen LogP contribution in [0, 0.1) is 0 Å². The molecule has 0 bridgehead atoms. The average Bonchev–Trinajstić information content (AvgIpc) is 2.22. The van der Waals surface area contributed by atoms with Gasteiger partial charge in [-0.05, 0) is 8.55 Å². The molecule has 5 atom stereocenters. The van der Waals surface area contributed by atoms with Crippen LogP contribution in [0.3, 0.4) is 0 Å². The van der Waals surface area contributed by atoms with E-state index in [1.807, 2.05) is 0 Å². The lowest BCUT2D eigenvalue weighted by Gasteiger charge is -2.41. The monoisotopic (exact) mass is 354 g/mol. The zero-order valence-corrected chi connectivity index (χ0v) is 24.6. The highest BCUT2D eigenvalue weighted by Gasteiger charge is 2.41. The van der Waals surface area contributed by atoms with Crippen LogP contribution in [0.5, 0.6) is 0 Å². The van der Waals surface area contributed by atoms with Crippen molar-refractivity contribution in [2.75, 3.05) is 0 Å². The van der Waals surface area contributed by atoms with Crippen LogP contribution >= 0.6 is 0 Å². The van der Waals surface area contributed by atoms with Gasteiger partial charge in [0.2, 0.25) is 0 Å². The lowest BCUT2D eigenvalue weighted by molar-refractivity contribution is 1.24. The molecule has 1 rings (SSSR count). The van der Waals surface area contributed by atoms with Crippen molar-refractivity contribution in [3.63, 3.8) is 0 Å². The van der Waals surface area contributed by atoms with Gasteiger partial charge in [-0.3, -0.25) is 0 Å². The SMILES string of the molecule is C[SiH2][Si]1(C)[SiH](C)[SiH2][SiH2]C([SiH3])C([SiH3])[SiH2][SiH]1C. The van der Waals surface area contributed by atoms with Gasteiger partial charge >= 0.3 is 0 Å². The third kappa shape index (κ3) is 3.46. The first-order chi connectivity index (χ1) is 6.91. The quantitative estimate of drug-likeness (QED) is 0.415. The largest absolute Gasteiger partial charge is 0.0770 e. The van der Waals surface area contributed by atoms with Crippen LogP contribution in [-0.2, 0) is 0 Å². The number of rotatable bonds is 1. The Balaban J connectivity index is 2.81. The topological polar surface area (TPSA) is 0 Å². The predicted octanol–water partition coefficient (Wildman–Crippen LogP) is -4.70. The van der Waals surface area contributed by atoms with Crippen molar-refractivity contribution in [1.29, 1.82) is 0 Å². The summed E-state index contributed by atoms with van der Waals surface area (Å²) < 4.78 is 0. The van der Waals surface area contributed by atoms with Crippen LogP contribution in [0.15, 0.2) is 0 Å². The zero-order valence-electron chi connectivity index (χ0n) is 11.6. The third-order valence-electron chi connectivity index (χ3n) is 5.77. The number of hydrogen-bond donors (Lipinski definition) is 0. The smallest absolute Gasteiger partial charge is 0.0148 e. The van der Waals surface area contributed by atoms with E-state index >= 15 is 0 Å². The summed E-state index contributed by atoms with van der Waals surface area (Å²) in [6.45, 7) is 11.1. The molecule has 90 valence electrons. The molecule has 0 aromatic heterocycles. The molecule has 1 fully saturated rings. The van der Waals surface area contributed by atoms with Crippen LogP contribution in [0.4, 0.5) is 0 Å². The zero-order chi connectivity index (χ0) is 11.6. The first-order valence-corrected chi connectivity index (χ1v) is 33.6. The van der Waals surface area contributed by atoms with Crippen molar-refractivity contribution in [2.45, 2.75) is 36.5 Å². The Morgan fingerprint density at radius 3 is 2.33 bits per heavy atom. The fourth-order valence-electron chi connectivity index (χ4n) is 3.37. The maximum Gasteiger partial charge on any atom is 0.0148 e. The van der Waals surface area contributed by atoms with Crippen molar-refractivity contribution < 1.29 is 0 Å². The third-order valence-corrected chi connectivity index (χ3v) is 148. The summed E-state index contributed by atoms with van der Waals surface area (Å²) in [4.78, 5) is 0. The van der Waals surface area contributed by atoms with Crippen LogP contribution in [0.25, 0.3) is 0 Å². The van der Waals surface area contributed by atoms with E-state index in [9.17, 15) is 0 Å². The maximum atomic E-state index is 2.96. The number of hydrogen-bond acceptors (Lipinski definition) is 0. The van der Waals surface area contributed by atoms with Crippen LogP contribution in [0.2, 0.25) is 36.5 Å². The molecule has 0 saturated carbocycles. The molecule has 0 aliphatic carbocycles. The van der Waals surface area contributed by atoms with E-state index in [0.29, 0.717) is 35.7 Å². The van der Waals surface area contributed by atoms with E-state index in [1.165, 1.54) is 10.3 Å². The lowest BCUT2D eigenvalue weighted by atomic mass is 10.9. The van der Waals surface area contributed by atoms with Gasteiger partial charge in [-0.15, -0.1) is 0 Å². The molecule has 0 aromatic rings. The van der Waals surface area contributed by atoms with Crippen molar-refractivity contribution >= 4 is 78.4 Å². The Kier molecular flexibility index (Phi) is 6.22. The van der Waals surface area contributed by atoms with Gasteiger partial charge < -0.3 is 0 Å². The Morgan fingerprint density at radius 1 is 1.20 bits per heavy atom. The van der Waals surface area contributed by atoms with E-state index < -0.39 is 0 Å².